The van der Waals surface area contributed by atoms with Crippen LogP contribution in [0.5, 0.6) is 0 Å². The minimum absolute atomic E-state index is 0. The van der Waals surface area contributed by atoms with Crippen LogP contribution in [0.15, 0.2) is 0 Å². The van der Waals surface area contributed by atoms with Gasteiger partial charge in [-0.05, 0) is 0 Å². The van der Waals surface area contributed by atoms with Crippen LogP contribution in [-0.4, -0.2) is 5.75 Å². The summed E-state index contributed by atoms with van der Waals surface area (Å²) in [6, 6.07) is 0. The molecule has 2 heteroatoms. The average Bonchev–Trinajstić information content (AvgIpc) is 2.35. The van der Waals surface area contributed by atoms with Crippen molar-refractivity contribution in [2.45, 2.75) is 96.8 Å². The molecule has 0 aromatic rings. The smallest absolute Gasteiger partial charge is 0.793 e. The van der Waals surface area contributed by atoms with Gasteiger partial charge in [-0.15, -0.1) is 0 Å². The second-order valence-electron chi connectivity index (χ2n) is 5.30. The first-order chi connectivity index (χ1) is 8.41. The van der Waals surface area contributed by atoms with E-state index in [1.54, 1.807) is 0 Å². The van der Waals surface area contributed by atoms with Gasteiger partial charge >= 0.3 is 29.6 Å². The van der Waals surface area contributed by atoms with E-state index < -0.39 is 0 Å². The number of hydrogen-bond acceptors (Lipinski definition) is 1. The summed E-state index contributed by atoms with van der Waals surface area (Å²) < 4.78 is 0. The SMILES string of the molecule is CCCCCCCCCCCCCCCC[S-].[Na+]. The zero-order valence-electron chi connectivity index (χ0n) is 13.0. The van der Waals surface area contributed by atoms with E-state index in [4.69, 9.17) is 12.6 Å². The Morgan fingerprint density at radius 1 is 0.500 bits per heavy atom. The van der Waals surface area contributed by atoms with Gasteiger partial charge in [0.05, 0.1) is 0 Å². The minimum Gasteiger partial charge on any atom is -0.793 e. The van der Waals surface area contributed by atoms with Gasteiger partial charge in [-0.3, -0.25) is 0 Å². The van der Waals surface area contributed by atoms with Crippen LogP contribution >= 0.6 is 0 Å². The predicted octanol–water partition coefficient (Wildman–Crippen LogP) is 3.02. The van der Waals surface area contributed by atoms with Gasteiger partial charge in [0.25, 0.3) is 0 Å². The van der Waals surface area contributed by atoms with Crippen LogP contribution in [0.25, 0.3) is 0 Å². The van der Waals surface area contributed by atoms with E-state index >= 15 is 0 Å². The topological polar surface area (TPSA) is 0 Å². The van der Waals surface area contributed by atoms with Gasteiger partial charge in [0.1, 0.15) is 0 Å². The Morgan fingerprint density at radius 2 is 0.778 bits per heavy atom. The fourth-order valence-corrected chi connectivity index (χ4v) is 2.50. The van der Waals surface area contributed by atoms with Crippen LogP contribution in [0.4, 0.5) is 0 Å². The van der Waals surface area contributed by atoms with Gasteiger partial charge in [-0.25, -0.2) is 0 Å². The Bertz CT molecular complexity index is 114. The third-order valence-corrected chi connectivity index (χ3v) is 3.79. The molecule has 18 heavy (non-hydrogen) atoms. The van der Waals surface area contributed by atoms with E-state index in [-0.39, 0.29) is 29.6 Å². The molecular weight excluding hydrogens is 247 g/mol. The quantitative estimate of drug-likeness (QED) is 0.268. The molecular formula is C16H33NaS. The summed E-state index contributed by atoms with van der Waals surface area (Å²) in [5, 5.41) is 0. The Kier molecular flexibility index (Phi) is 24.8. The molecule has 0 N–H and O–H groups in total. The molecule has 0 rings (SSSR count). The fraction of sp³-hybridized carbons (Fsp3) is 1.00. The monoisotopic (exact) mass is 280 g/mol. The van der Waals surface area contributed by atoms with Crippen molar-refractivity contribution in [2.24, 2.45) is 0 Å². The van der Waals surface area contributed by atoms with Crippen molar-refractivity contribution < 1.29 is 29.6 Å². The maximum Gasteiger partial charge on any atom is 1.00 e. The first-order valence-electron chi connectivity index (χ1n) is 8.00. The molecule has 0 aromatic carbocycles. The van der Waals surface area contributed by atoms with E-state index in [0.29, 0.717) is 0 Å². The van der Waals surface area contributed by atoms with Crippen LogP contribution in [0.3, 0.4) is 0 Å². The molecule has 0 nitrogen and oxygen atoms in total. The maximum atomic E-state index is 4.94. The molecule has 0 aliphatic rings. The summed E-state index contributed by atoms with van der Waals surface area (Å²) in [6.07, 6.45) is 20.0. The molecule has 0 unspecified atom stereocenters. The van der Waals surface area contributed by atoms with Crippen LogP contribution in [0.1, 0.15) is 96.8 Å². The molecule has 0 bridgehead atoms. The van der Waals surface area contributed by atoms with Gasteiger partial charge < -0.3 is 12.6 Å². The maximum absolute atomic E-state index is 4.94. The zero-order chi connectivity index (χ0) is 12.6. The van der Waals surface area contributed by atoms with Crippen molar-refractivity contribution >= 4 is 12.6 Å². The van der Waals surface area contributed by atoms with Gasteiger partial charge in [-0.1, -0.05) is 96.8 Å². The van der Waals surface area contributed by atoms with Crippen molar-refractivity contribution in [2.75, 3.05) is 5.75 Å². The van der Waals surface area contributed by atoms with E-state index in [0.717, 1.165) is 5.75 Å². The summed E-state index contributed by atoms with van der Waals surface area (Å²) in [5.74, 6) is 0.956. The molecule has 0 fully saturated rings. The fourth-order valence-electron chi connectivity index (χ4n) is 2.30. The van der Waals surface area contributed by atoms with Crippen LogP contribution < -0.4 is 29.6 Å². The van der Waals surface area contributed by atoms with Crippen LogP contribution in [0.2, 0.25) is 0 Å². The standard InChI is InChI=1S/C16H34S.Na/c1-2-3-4-5-6-7-8-9-10-11-12-13-14-15-16-17;/h17H,2-16H2,1H3;/q;+1/p-1. The Labute approximate surface area is 144 Å². The Balaban J connectivity index is 0. The molecule has 0 spiro atoms. The molecule has 0 amide bonds. The van der Waals surface area contributed by atoms with E-state index in [2.05, 4.69) is 6.92 Å². The van der Waals surface area contributed by atoms with Crippen molar-refractivity contribution in [3.8, 4) is 0 Å². The third-order valence-electron chi connectivity index (χ3n) is 3.50. The molecule has 0 atom stereocenters. The van der Waals surface area contributed by atoms with Gasteiger partial charge in [0.15, 0.2) is 0 Å². The predicted molar refractivity (Wildman–Crippen MR) is 82.5 cm³/mol. The van der Waals surface area contributed by atoms with Crippen molar-refractivity contribution in [1.29, 1.82) is 0 Å². The second kappa shape index (κ2) is 20.7. The summed E-state index contributed by atoms with van der Waals surface area (Å²) in [6.45, 7) is 2.29. The van der Waals surface area contributed by atoms with Crippen LogP contribution in [-0.2, 0) is 12.6 Å². The molecule has 0 aromatic heterocycles. The molecule has 0 aliphatic carbocycles. The Morgan fingerprint density at radius 3 is 1.06 bits per heavy atom. The van der Waals surface area contributed by atoms with Crippen molar-refractivity contribution in [3.63, 3.8) is 0 Å². The number of hydrogen-bond donors (Lipinski definition) is 0. The normalized spacial score (nSPS) is 10.3. The van der Waals surface area contributed by atoms with E-state index in [1.807, 2.05) is 0 Å². The van der Waals surface area contributed by atoms with Crippen LogP contribution in [0, 0.1) is 0 Å². The summed E-state index contributed by atoms with van der Waals surface area (Å²) in [7, 11) is 0. The van der Waals surface area contributed by atoms with Gasteiger partial charge in [0.2, 0.25) is 0 Å². The molecule has 0 saturated carbocycles. The molecule has 0 heterocycles. The summed E-state index contributed by atoms with van der Waals surface area (Å²) >= 11 is 4.94. The summed E-state index contributed by atoms with van der Waals surface area (Å²) in [4.78, 5) is 0. The second-order valence-corrected chi connectivity index (χ2v) is 5.71. The first kappa shape index (κ1) is 21.6. The van der Waals surface area contributed by atoms with Crippen molar-refractivity contribution in [3.05, 3.63) is 0 Å². The molecule has 0 saturated heterocycles. The molecule has 0 aliphatic heterocycles. The van der Waals surface area contributed by atoms with Crippen molar-refractivity contribution in [1.82, 2.24) is 0 Å². The number of unbranched alkanes of at least 4 members (excludes halogenated alkanes) is 13. The van der Waals surface area contributed by atoms with E-state index in [9.17, 15) is 0 Å². The molecule has 104 valence electrons. The average molecular weight is 280 g/mol. The largest absolute Gasteiger partial charge is 1.00 e. The first-order valence-corrected chi connectivity index (χ1v) is 8.57. The summed E-state index contributed by atoms with van der Waals surface area (Å²) in [5.41, 5.74) is 0. The third kappa shape index (κ3) is 19.7. The van der Waals surface area contributed by atoms with Gasteiger partial charge in [0, 0.05) is 0 Å². The molecule has 0 radical (unpaired) electrons. The minimum atomic E-state index is 0. The van der Waals surface area contributed by atoms with E-state index in [1.165, 1.54) is 89.9 Å². The zero-order valence-corrected chi connectivity index (χ0v) is 15.8. The van der Waals surface area contributed by atoms with Gasteiger partial charge in [-0.2, -0.15) is 5.75 Å². The number of rotatable bonds is 14. The Hall–Kier alpha value is 1.35.